The van der Waals surface area contributed by atoms with Crippen molar-refractivity contribution in [3.05, 3.63) is 35.2 Å². The van der Waals surface area contributed by atoms with Gasteiger partial charge in [-0.25, -0.2) is 0 Å². The Morgan fingerprint density at radius 2 is 1.88 bits per heavy atom. The van der Waals surface area contributed by atoms with Crippen LogP contribution in [0.15, 0.2) is 30.3 Å². The van der Waals surface area contributed by atoms with Crippen LogP contribution in [0.4, 0.5) is 0 Å². The summed E-state index contributed by atoms with van der Waals surface area (Å²) in [6.07, 6.45) is 1.33. The monoisotopic (exact) mass is 244 g/mol. The van der Waals surface area contributed by atoms with Gasteiger partial charge in [-0.3, -0.25) is 0 Å². The second-order valence-electron chi connectivity index (χ2n) is 6.31. The predicted octanol–water partition coefficient (Wildman–Crippen LogP) is 5.23. The van der Waals surface area contributed by atoms with E-state index >= 15 is 0 Å². The Balaban J connectivity index is 2.10. The van der Waals surface area contributed by atoms with Crippen molar-refractivity contribution in [1.29, 1.82) is 0 Å². The lowest BCUT2D eigenvalue weighted by Crippen LogP contribution is -2.54. The summed E-state index contributed by atoms with van der Waals surface area (Å²) in [6, 6.07) is 11.2. The first kappa shape index (κ1) is 11.3. The molecule has 0 saturated heterocycles. The molecular weight excluding hydrogens is 224 g/mol. The fraction of sp³-hybridized carbons (Fsp3) is 0.500. The lowest BCUT2D eigenvalue weighted by atomic mass is 9.46. The first-order valence-corrected chi connectivity index (χ1v) is 7.26. The number of fused-ring (bicyclic) bond motifs is 1. The van der Waals surface area contributed by atoms with Gasteiger partial charge >= 0.3 is 0 Å². The zero-order valence-corrected chi connectivity index (χ0v) is 11.9. The quantitative estimate of drug-likeness (QED) is 0.644. The van der Waals surface area contributed by atoms with Crippen molar-refractivity contribution in [2.24, 2.45) is 11.3 Å². The van der Waals surface area contributed by atoms with E-state index in [1.807, 2.05) is 11.3 Å². The zero-order chi connectivity index (χ0) is 12.3. The van der Waals surface area contributed by atoms with Crippen LogP contribution in [0.1, 0.15) is 39.0 Å². The molecule has 0 aliphatic heterocycles. The molecule has 17 heavy (non-hydrogen) atoms. The van der Waals surface area contributed by atoms with Gasteiger partial charge < -0.3 is 0 Å². The van der Waals surface area contributed by atoms with E-state index in [0.717, 1.165) is 5.92 Å². The highest BCUT2D eigenvalue weighted by molar-refractivity contribution is 7.19. The largest absolute Gasteiger partial charge is 0.140 e. The van der Waals surface area contributed by atoms with Crippen LogP contribution in [0.2, 0.25) is 0 Å². The van der Waals surface area contributed by atoms with Gasteiger partial charge in [0.05, 0.1) is 0 Å². The third-order valence-corrected chi connectivity index (χ3v) is 6.72. The molecule has 2 atom stereocenters. The maximum atomic E-state index is 2.44. The van der Waals surface area contributed by atoms with Crippen molar-refractivity contribution in [2.45, 2.75) is 39.5 Å². The van der Waals surface area contributed by atoms with E-state index in [2.05, 4.69) is 58.0 Å². The molecule has 0 nitrogen and oxygen atoms in total. The molecule has 1 unspecified atom stereocenters. The zero-order valence-electron chi connectivity index (χ0n) is 11.1. The number of benzene rings is 1. The highest BCUT2D eigenvalue weighted by Crippen LogP contribution is 2.62. The summed E-state index contributed by atoms with van der Waals surface area (Å²) in [5.74, 6) is 0.831. The summed E-state index contributed by atoms with van der Waals surface area (Å²) in [4.78, 5) is 1.57. The smallest absolute Gasteiger partial charge is 0.0345 e. The fourth-order valence-electron chi connectivity index (χ4n) is 3.22. The van der Waals surface area contributed by atoms with E-state index in [4.69, 9.17) is 0 Å². The fourth-order valence-corrected chi connectivity index (χ4v) is 4.60. The highest BCUT2D eigenvalue weighted by atomic mass is 32.1. The van der Waals surface area contributed by atoms with E-state index in [9.17, 15) is 0 Å². The Morgan fingerprint density at radius 1 is 1.18 bits per heavy atom. The van der Waals surface area contributed by atoms with Gasteiger partial charge in [0.1, 0.15) is 0 Å². The molecule has 0 N–H and O–H groups in total. The summed E-state index contributed by atoms with van der Waals surface area (Å²) >= 11 is 1.98. The molecule has 0 amide bonds. The maximum Gasteiger partial charge on any atom is 0.0345 e. The summed E-state index contributed by atoms with van der Waals surface area (Å²) in [5.41, 5.74) is 0.796. The van der Waals surface area contributed by atoms with Crippen molar-refractivity contribution in [1.82, 2.24) is 0 Å². The first-order valence-electron chi connectivity index (χ1n) is 6.44. The average Bonchev–Trinajstić information content (AvgIpc) is 2.72. The average molecular weight is 244 g/mol. The van der Waals surface area contributed by atoms with Crippen LogP contribution in [-0.2, 0) is 5.41 Å². The van der Waals surface area contributed by atoms with Gasteiger partial charge in [0.25, 0.3) is 0 Å². The van der Waals surface area contributed by atoms with Crippen molar-refractivity contribution < 1.29 is 0 Å². The van der Waals surface area contributed by atoms with Gasteiger partial charge in [-0.05, 0) is 35.3 Å². The molecule has 1 heterocycles. The predicted molar refractivity (Wildman–Crippen MR) is 76.7 cm³/mol. The molecule has 1 aromatic heterocycles. The minimum atomic E-state index is 0.371. The van der Waals surface area contributed by atoms with Gasteiger partial charge in [-0.15, -0.1) is 11.3 Å². The molecule has 2 aromatic rings. The molecule has 1 fully saturated rings. The minimum Gasteiger partial charge on any atom is -0.140 e. The molecule has 1 aliphatic carbocycles. The van der Waals surface area contributed by atoms with E-state index in [-0.39, 0.29) is 0 Å². The molecule has 0 bridgehead atoms. The topological polar surface area (TPSA) is 0 Å². The third kappa shape index (κ3) is 1.35. The number of rotatable bonds is 1. The number of hydrogen-bond acceptors (Lipinski definition) is 1. The Morgan fingerprint density at radius 3 is 2.47 bits per heavy atom. The van der Waals surface area contributed by atoms with Gasteiger partial charge in [0.2, 0.25) is 0 Å². The second-order valence-corrected chi connectivity index (χ2v) is 7.39. The van der Waals surface area contributed by atoms with Crippen molar-refractivity contribution in [3.63, 3.8) is 0 Å². The van der Waals surface area contributed by atoms with E-state index in [1.54, 1.807) is 4.88 Å². The van der Waals surface area contributed by atoms with Gasteiger partial charge in [-0.1, -0.05) is 45.9 Å². The Kier molecular flexibility index (Phi) is 2.22. The van der Waals surface area contributed by atoms with Crippen LogP contribution in [0.25, 0.3) is 10.1 Å². The summed E-state index contributed by atoms with van der Waals surface area (Å²) < 4.78 is 1.43. The molecule has 0 radical (unpaired) electrons. The summed E-state index contributed by atoms with van der Waals surface area (Å²) in [6.45, 7) is 9.67. The van der Waals surface area contributed by atoms with Crippen LogP contribution in [-0.4, -0.2) is 0 Å². The van der Waals surface area contributed by atoms with Crippen LogP contribution < -0.4 is 0 Å². The van der Waals surface area contributed by atoms with Crippen molar-refractivity contribution in [3.8, 4) is 0 Å². The Hall–Kier alpha value is -0.820. The lowest BCUT2D eigenvalue weighted by molar-refractivity contribution is -0.0298. The van der Waals surface area contributed by atoms with E-state index in [1.165, 1.54) is 16.5 Å². The standard InChI is InChI=1S/C16H20S/c1-11-10-16(4,15(11,2)3)14-9-12-7-5-6-8-13(12)17-14/h5-9,11H,10H2,1-4H3/t11?,16-/m1/s1. The summed E-state index contributed by atoms with van der Waals surface area (Å²) in [7, 11) is 0. The van der Waals surface area contributed by atoms with Gasteiger partial charge in [0, 0.05) is 15.0 Å². The second kappa shape index (κ2) is 3.35. The molecule has 1 aromatic carbocycles. The SMILES string of the molecule is CC1C[C@](C)(c2cc3ccccc3s2)C1(C)C. The van der Waals surface area contributed by atoms with Gasteiger partial charge in [-0.2, -0.15) is 0 Å². The molecule has 3 rings (SSSR count). The highest BCUT2D eigenvalue weighted by Gasteiger charge is 2.56. The normalized spacial score (nSPS) is 31.4. The molecule has 1 heteroatoms. The molecule has 1 aliphatic rings. The Bertz CT molecular complexity index is 531. The summed E-state index contributed by atoms with van der Waals surface area (Å²) in [5, 5.41) is 1.41. The number of hydrogen-bond donors (Lipinski definition) is 0. The van der Waals surface area contributed by atoms with Crippen LogP contribution in [0, 0.1) is 11.3 Å². The van der Waals surface area contributed by atoms with Crippen LogP contribution in [0.3, 0.4) is 0 Å². The molecule has 1 saturated carbocycles. The molecule has 0 spiro atoms. The lowest BCUT2D eigenvalue weighted by Gasteiger charge is -2.59. The molecular formula is C16H20S. The molecule has 90 valence electrons. The minimum absolute atomic E-state index is 0.371. The number of thiophene rings is 1. The first-order chi connectivity index (χ1) is 7.95. The van der Waals surface area contributed by atoms with Crippen LogP contribution in [0.5, 0.6) is 0 Å². The maximum absolute atomic E-state index is 2.44. The van der Waals surface area contributed by atoms with Crippen molar-refractivity contribution >= 4 is 21.4 Å². The van der Waals surface area contributed by atoms with E-state index < -0.39 is 0 Å². The third-order valence-electron chi connectivity index (χ3n) is 5.34. The Labute approximate surface area is 108 Å². The van der Waals surface area contributed by atoms with Crippen molar-refractivity contribution in [2.75, 3.05) is 0 Å². The van der Waals surface area contributed by atoms with Crippen LogP contribution >= 0.6 is 11.3 Å². The van der Waals surface area contributed by atoms with E-state index in [0.29, 0.717) is 10.8 Å². The van der Waals surface area contributed by atoms with Gasteiger partial charge in [0.15, 0.2) is 0 Å².